The van der Waals surface area contributed by atoms with Gasteiger partial charge in [0.25, 0.3) is 5.91 Å². The van der Waals surface area contributed by atoms with Gasteiger partial charge >= 0.3 is 5.97 Å². The number of rotatable bonds is 4. The van der Waals surface area contributed by atoms with Crippen LogP contribution in [-0.4, -0.2) is 47.6 Å². The molecular weight excluding hydrogens is 356 g/mol. The Balaban J connectivity index is 1.87. The highest BCUT2D eigenvalue weighted by molar-refractivity contribution is 6.01. The average molecular weight is 380 g/mol. The first-order valence-electron chi connectivity index (χ1n) is 9.55. The van der Waals surface area contributed by atoms with Crippen molar-refractivity contribution < 1.29 is 19.4 Å². The maximum Gasteiger partial charge on any atom is 0.313 e. The summed E-state index contributed by atoms with van der Waals surface area (Å²) in [5.74, 6) is -1.05. The minimum atomic E-state index is -0.883. The molecule has 1 fully saturated rings. The molecule has 1 saturated heterocycles. The first-order valence-corrected chi connectivity index (χ1v) is 9.55. The van der Waals surface area contributed by atoms with Gasteiger partial charge in [-0.3, -0.25) is 9.59 Å². The molecule has 1 amide bonds. The van der Waals surface area contributed by atoms with Gasteiger partial charge < -0.3 is 20.1 Å². The van der Waals surface area contributed by atoms with E-state index in [1.54, 1.807) is 30.2 Å². The molecule has 2 aliphatic heterocycles. The lowest BCUT2D eigenvalue weighted by atomic mass is 9.68. The number of benzene rings is 2. The van der Waals surface area contributed by atoms with E-state index in [2.05, 4.69) is 5.32 Å². The third-order valence-corrected chi connectivity index (χ3v) is 6.06. The van der Waals surface area contributed by atoms with Gasteiger partial charge in [-0.1, -0.05) is 36.4 Å². The number of hydrogen-bond acceptors (Lipinski definition) is 4. The van der Waals surface area contributed by atoms with Crippen molar-refractivity contribution in [3.63, 3.8) is 0 Å². The lowest BCUT2D eigenvalue weighted by Gasteiger charge is -2.53. The van der Waals surface area contributed by atoms with Gasteiger partial charge in [-0.15, -0.1) is 0 Å². The summed E-state index contributed by atoms with van der Waals surface area (Å²) in [5.41, 5.74) is 1.22. The summed E-state index contributed by atoms with van der Waals surface area (Å²) in [6, 6.07) is 14.7. The van der Waals surface area contributed by atoms with Crippen LogP contribution in [0.15, 0.2) is 48.5 Å². The number of amides is 1. The zero-order valence-corrected chi connectivity index (χ0v) is 15.9. The van der Waals surface area contributed by atoms with Gasteiger partial charge in [-0.05, 0) is 43.6 Å². The van der Waals surface area contributed by atoms with Crippen LogP contribution in [0.2, 0.25) is 0 Å². The van der Waals surface area contributed by atoms with E-state index in [0.29, 0.717) is 49.4 Å². The van der Waals surface area contributed by atoms with Gasteiger partial charge in [0.15, 0.2) is 0 Å². The van der Waals surface area contributed by atoms with Gasteiger partial charge in [-0.25, -0.2) is 0 Å². The quantitative estimate of drug-likeness (QED) is 0.853. The van der Waals surface area contributed by atoms with E-state index in [4.69, 9.17) is 4.74 Å². The van der Waals surface area contributed by atoms with E-state index in [1.165, 1.54) is 0 Å². The van der Waals surface area contributed by atoms with Crippen molar-refractivity contribution in [2.45, 2.75) is 30.8 Å². The molecule has 0 bridgehead atoms. The fraction of sp³-hybridized carbons (Fsp3) is 0.364. The molecule has 0 radical (unpaired) electrons. The molecule has 2 N–H and O–H groups in total. The number of carbonyl (C=O) groups excluding carboxylic acids is 1. The van der Waals surface area contributed by atoms with Gasteiger partial charge in [0.1, 0.15) is 11.7 Å². The molecule has 146 valence electrons. The Labute approximate surface area is 164 Å². The highest BCUT2D eigenvalue weighted by atomic mass is 16.5. The average Bonchev–Trinajstić information content (AvgIpc) is 2.72. The molecule has 2 aromatic rings. The van der Waals surface area contributed by atoms with Crippen LogP contribution in [0.3, 0.4) is 0 Å². The Morgan fingerprint density at radius 2 is 1.86 bits per heavy atom. The third-order valence-electron chi connectivity index (χ3n) is 6.06. The Morgan fingerprint density at radius 3 is 2.57 bits per heavy atom. The summed E-state index contributed by atoms with van der Waals surface area (Å²) in [5, 5.41) is 13.5. The van der Waals surface area contributed by atoms with E-state index < -0.39 is 17.4 Å². The number of hydrogen-bond donors (Lipinski definition) is 2. The van der Waals surface area contributed by atoms with Crippen LogP contribution in [-0.2, 0) is 11.3 Å². The maximum absolute atomic E-state index is 13.5. The number of ether oxygens (including phenoxy) is 1. The smallest absolute Gasteiger partial charge is 0.313 e. The largest absolute Gasteiger partial charge is 0.496 e. The number of carboxylic acid groups (broad SMARTS) is 1. The summed E-state index contributed by atoms with van der Waals surface area (Å²) in [6.07, 6.45) is 1.19. The molecular formula is C22H24N2O4. The molecule has 1 unspecified atom stereocenters. The topological polar surface area (TPSA) is 78.9 Å². The molecule has 4 rings (SSSR count). The number of nitrogens with one attached hydrogen (secondary N) is 1. The van der Waals surface area contributed by atoms with Gasteiger partial charge in [0, 0.05) is 11.1 Å². The number of nitrogens with zero attached hydrogens (tertiary/aromatic N) is 1. The molecule has 0 aromatic heterocycles. The minimum Gasteiger partial charge on any atom is -0.496 e. The van der Waals surface area contributed by atoms with Crippen molar-refractivity contribution in [1.29, 1.82) is 0 Å². The molecule has 1 atom stereocenters. The maximum atomic E-state index is 13.5. The van der Waals surface area contributed by atoms with Crippen LogP contribution < -0.4 is 10.1 Å². The summed E-state index contributed by atoms with van der Waals surface area (Å²) in [7, 11) is 1.60. The van der Waals surface area contributed by atoms with Crippen molar-refractivity contribution >= 4 is 11.9 Å². The zero-order valence-electron chi connectivity index (χ0n) is 15.9. The number of aliphatic carboxylic acids is 1. The normalized spacial score (nSPS) is 20.7. The third kappa shape index (κ3) is 2.85. The lowest BCUT2D eigenvalue weighted by Crippen LogP contribution is -2.63. The Hall–Kier alpha value is -2.86. The van der Waals surface area contributed by atoms with Crippen LogP contribution in [0.1, 0.15) is 40.2 Å². The predicted molar refractivity (Wildman–Crippen MR) is 105 cm³/mol. The van der Waals surface area contributed by atoms with Crippen LogP contribution in [0.5, 0.6) is 5.75 Å². The second-order valence-corrected chi connectivity index (χ2v) is 7.42. The van der Waals surface area contributed by atoms with E-state index in [1.807, 2.05) is 30.3 Å². The highest BCUT2D eigenvalue weighted by Crippen LogP contribution is 2.47. The van der Waals surface area contributed by atoms with E-state index in [-0.39, 0.29) is 5.91 Å². The van der Waals surface area contributed by atoms with Crippen molar-refractivity contribution in [3.05, 3.63) is 65.2 Å². The lowest BCUT2D eigenvalue weighted by molar-refractivity contribution is -0.144. The van der Waals surface area contributed by atoms with Crippen LogP contribution in [0.4, 0.5) is 0 Å². The molecule has 2 heterocycles. The van der Waals surface area contributed by atoms with Crippen molar-refractivity contribution in [2.75, 3.05) is 20.2 Å². The second-order valence-electron chi connectivity index (χ2n) is 7.42. The number of carbonyl (C=O) groups is 2. The van der Waals surface area contributed by atoms with E-state index >= 15 is 0 Å². The second kappa shape index (κ2) is 7.28. The van der Waals surface area contributed by atoms with Gasteiger partial charge in [0.05, 0.1) is 19.2 Å². The number of para-hydroxylation sites is 1. The van der Waals surface area contributed by atoms with Gasteiger partial charge in [-0.2, -0.15) is 0 Å². The van der Waals surface area contributed by atoms with Crippen LogP contribution in [0, 0.1) is 0 Å². The number of fused-ring (bicyclic) bond motifs is 1. The molecule has 6 heteroatoms. The number of piperidine rings is 1. The highest BCUT2D eigenvalue weighted by Gasteiger charge is 2.55. The molecule has 6 nitrogen and oxygen atoms in total. The molecule has 28 heavy (non-hydrogen) atoms. The summed E-state index contributed by atoms with van der Waals surface area (Å²) < 4.78 is 5.48. The van der Waals surface area contributed by atoms with Crippen LogP contribution >= 0.6 is 0 Å². The number of carboxylic acids is 1. The molecule has 1 spiro atoms. The van der Waals surface area contributed by atoms with Crippen LogP contribution in [0.25, 0.3) is 0 Å². The van der Waals surface area contributed by atoms with Crippen molar-refractivity contribution in [3.8, 4) is 5.75 Å². The van der Waals surface area contributed by atoms with Crippen molar-refractivity contribution in [1.82, 2.24) is 10.2 Å². The Kier molecular flexibility index (Phi) is 4.81. The van der Waals surface area contributed by atoms with Gasteiger partial charge in [0.2, 0.25) is 0 Å². The molecule has 2 aromatic carbocycles. The fourth-order valence-corrected chi connectivity index (χ4v) is 4.75. The van der Waals surface area contributed by atoms with E-state index in [9.17, 15) is 14.7 Å². The number of methoxy groups -OCH3 is 1. The molecule has 2 aliphatic rings. The summed E-state index contributed by atoms with van der Waals surface area (Å²) >= 11 is 0. The molecule has 0 aliphatic carbocycles. The Morgan fingerprint density at radius 1 is 1.18 bits per heavy atom. The summed E-state index contributed by atoms with van der Waals surface area (Å²) in [6.45, 7) is 1.68. The van der Waals surface area contributed by atoms with E-state index in [0.717, 1.165) is 5.56 Å². The predicted octanol–water partition coefficient (Wildman–Crippen LogP) is 2.64. The molecule has 0 saturated carbocycles. The summed E-state index contributed by atoms with van der Waals surface area (Å²) in [4.78, 5) is 27.8. The first kappa shape index (κ1) is 18.5. The minimum absolute atomic E-state index is 0.110. The standard InChI is InChI=1S/C22H24N2O4/c1-28-18-9-5-2-6-15(18)14-24-20(25)17-8-4-3-7-16(17)19(21(26)27)22(24)10-12-23-13-11-22/h2-9,19,23H,10-14H2,1H3,(H,26,27). The first-order chi connectivity index (χ1) is 13.6. The zero-order chi connectivity index (χ0) is 19.7. The SMILES string of the molecule is COc1ccccc1CN1C(=O)c2ccccc2C(C(=O)O)C12CCNCC2. The monoisotopic (exact) mass is 380 g/mol. The fourth-order valence-electron chi connectivity index (χ4n) is 4.75. The Bertz CT molecular complexity index is 905. The van der Waals surface area contributed by atoms with Crippen molar-refractivity contribution in [2.24, 2.45) is 0 Å².